The van der Waals surface area contributed by atoms with Crippen molar-refractivity contribution in [2.45, 2.75) is 45.8 Å². The van der Waals surface area contributed by atoms with Crippen molar-refractivity contribution in [1.29, 1.82) is 0 Å². The maximum atomic E-state index is 11.8. The van der Waals surface area contributed by atoms with E-state index in [1.807, 2.05) is 39.8 Å². The van der Waals surface area contributed by atoms with Crippen molar-refractivity contribution in [2.75, 3.05) is 20.6 Å². The van der Waals surface area contributed by atoms with E-state index in [-0.39, 0.29) is 17.9 Å². The van der Waals surface area contributed by atoms with Crippen LogP contribution in [0.3, 0.4) is 0 Å². The molecule has 0 saturated heterocycles. The van der Waals surface area contributed by atoms with Gasteiger partial charge in [-0.25, -0.2) is 0 Å². The van der Waals surface area contributed by atoms with Gasteiger partial charge in [0.25, 0.3) is 0 Å². The molecule has 0 saturated carbocycles. The van der Waals surface area contributed by atoms with Crippen LogP contribution in [0, 0.1) is 5.92 Å². The highest BCUT2D eigenvalue weighted by atomic mass is 16.3. The molecule has 0 bridgehead atoms. The average molecular weight is 230 g/mol. The van der Waals surface area contributed by atoms with Crippen LogP contribution in [0.15, 0.2) is 0 Å². The summed E-state index contributed by atoms with van der Waals surface area (Å²) >= 11 is 0. The predicted octanol–water partition coefficient (Wildman–Crippen LogP) is 0.850. The number of carbonyl (C=O) groups excluding carboxylic acids is 1. The lowest BCUT2D eigenvalue weighted by Gasteiger charge is -2.29. The number of hydrogen-bond acceptors (Lipinski definition) is 3. The van der Waals surface area contributed by atoms with Gasteiger partial charge in [-0.15, -0.1) is 0 Å². The number of rotatable bonds is 6. The molecule has 0 aliphatic heterocycles. The van der Waals surface area contributed by atoms with Gasteiger partial charge < -0.3 is 10.4 Å². The van der Waals surface area contributed by atoms with E-state index < -0.39 is 5.60 Å². The van der Waals surface area contributed by atoms with Crippen molar-refractivity contribution in [1.82, 2.24) is 10.2 Å². The molecule has 0 fully saturated rings. The lowest BCUT2D eigenvalue weighted by Crippen LogP contribution is -2.49. The molecular weight excluding hydrogens is 204 g/mol. The van der Waals surface area contributed by atoms with Gasteiger partial charge in [-0.3, -0.25) is 9.69 Å². The molecule has 4 nitrogen and oxygen atoms in total. The van der Waals surface area contributed by atoms with E-state index in [1.165, 1.54) is 0 Å². The maximum Gasteiger partial charge on any atom is 0.237 e. The molecule has 2 atom stereocenters. The molecule has 4 heteroatoms. The first kappa shape index (κ1) is 15.4. The average Bonchev–Trinajstić information content (AvgIpc) is 2.15. The van der Waals surface area contributed by atoms with Gasteiger partial charge in [0.05, 0.1) is 11.6 Å². The molecule has 1 amide bonds. The summed E-state index contributed by atoms with van der Waals surface area (Å²) in [6, 6.07) is -0.122. The number of hydrogen-bond donors (Lipinski definition) is 2. The van der Waals surface area contributed by atoms with Gasteiger partial charge in [-0.1, -0.05) is 20.8 Å². The molecule has 0 rings (SSSR count). The van der Waals surface area contributed by atoms with Crippen LogP contribution in [0.4, 0.5) is 0 Å². The maximum absolute atomic E-state index is 11.8. The fraction of sp³-hybridized carbons (Fsp3) is 0.917. The van der Waals surface area contributed by atoms with Crippen molar-refractivity contribution < 1.29 is 9.90 Å². The van der Waals surface area contributed by atoms with E-state index in [2.05, 4.69) is 5.32 Å². The first-order chi connectivity index (χ1) is 7.22. The lowest BCUT2D eigenvalue weighted by molar-refractivity contribution is -0.127. The van der Waals surface area contributed by atoms with Crippen LogP contribution in [0.25, 0.3) is 0 Å². The topological polar surface area (TPSA) is 52.6 Å². The largest absolute Gasteiger partial charge is 0.388 e. The molecule has 0 aromatic heterocycles. The summed E-state index contributed by atoms with van der Waals surface area (Å²) in [5.74, 6) is 0.0978. The van der Waals surface area contributed by atoms with Gasteiger partial charge in [0.1, 0.15) is 0 Å². The molecule has 2 unspecified atom stereocenters. The van der Waals surface area contributed by atoms with Crippen LogP contribution in [0.2, 0.25) is 0 Å². The second-order valence-electron chi connectivity index (χ2n) is 5.12. The number of nitrogens with one attached hydrogen (secondary N) is 1. The van der Waals surface area contributed by atoms with E-state index >= 15 is 0 Å². The Kier molecular flexibility index (Phi) is 5.97. The van der Waals surface area contributed by atoms with Gasteiger partial charge in [-0.2, -0.15) is 0 Å². The second kappa shape index (κ2) is 6.21. The molecule has 0 aromatic carbocycles. The molecule has 2 N–H and O–H groups in total. The standard InChI is InChI=1S/C12H26N2O2/c1-7-10(14(5)6)11(15)13-8-12(4,16)9(2)3/h9-10,16H,7-8H2,1-6H3,(H,13,15). The highest BCUT2D eigenvalue weighted by Crippen LogP contribution is 2.14. The van der Waals surface area contributed by atoms with E-state index in [0.29, 0.717) is 6.54 Å². The molecule has 0 aliphatic rings. The Hall–Kier alpha value is -0.610. The summed E-state index contributed by atoms with van der Waals surface area (Å²) in [5, 5.41) is 12.8. The summed E-state index contributed by atoms with van der Waals surface area (Å²) in [6.07, 6.45) is 0.767. The minimum absolute atomic E-state index is 0.0200. The lowest BCUT2D eigenvalue weighted by atomic mass is 9.92. The zero-order valence-electron chi connectivity index (χ0n) is 11.4. The Labute approximate surface area is 99.0 Å². The molecular formula is C12H26N2O2. The van der Waals surface area contributed by atoms with E-state index in [1.54, 1.807) is 6.92 Å². The van der Waals surface area contributed by atoms with E-state index in [4.69, 9.17) is 0 Å². The summed E-state index contributed by atoms with van der Waals surface area (Å²) in [5.41, 5.74) is -0.847. The summed E-state index contributed by atoms with van der Waals surface area (Å²) in [7, 11) is 3.77. The molecule has 16 heavy (non-hydrogen) atoms. The minimum atomic E-state index is -0.847. The van der Waals surface area contributed by atoms with Gasteiger partial charge in [0.2, 0.25) is 5.91 Å². The first-order valence-electron chi connectivity index (χ1n) is 5.88. The van der Waals surface area contributed by atoms with Crippen molar-refractivity contribution in [3.05, 3.63) is 0 Å². The van der Waals surface area contributed by atoms with Crippen LogP contribution in [-0.4, -0.2) is 48.2 Å². The molecule has 0 heterocycles. The SMILES string of the molecule is CCC(C(=O)NCC(C)(O)C(C)C)N(C)C. The quantitative estimate of drug-likeness (QED) is 0.711. The third kappa shape index (κ3) is 4.49. The number of likely N-dealkylation sites (N-methyl/N-ethyl adjacent to an activating group) is 1. The van der Waals surface area contributed by atoms with E-state index in [0.717, 1.165) is 6.42 Å². The Balaban J connectivity index is 4.26. The zero-order chi connectivity index (χ0) is 12.9. The normalized spacial score (nSPS) is 17.3. The van der Waals surface area contributed by atoms with Crippen molar-refractivity contribution >= 4 is 5.91 Å². The first-order valence-corrected chi connectivity index (χ1v) is 5.88. The Bertz CT molecular complexity index is 225. The second-order valence-corrected chi connectivity index (χ2v) is 5.12. The van der Waals surface area contributed by atoms with Crippen LogP contribution < -0.4 is 5.32 Å². The Morgan fingerprint density at radius 3 is 2.25 bits per heavy atom. The highest BCUT2D eigenvalue weighted by Gasteiger charge is 2.27. The summed E-state index contributed by atoms with van der Waals surface area (Å²) < 4.78 is 0. The van der Waals surface area contributed by atoms with Crippen LogP contribution in [0.1, 0.15) is 34.1 Å². The number of carbonyl (C=O) groups is 1. The summed E-state index contributed by atoms with van der Waals surface area (Å²) in [6.45, 7) is 7.90. The molecule has 0 aromatic rings. The van der Waals surface area contributed by atoms with Gasteiger partial charge in [-0.05, 0) is 33.4 Å². The van der Waals surface area contributed by atoms with Crippen LogP contribution in [0.5, 0.6) is 0 Å². The van der Waals surface area contributed by atoms with Crippen molar-refractivity contribution in [3.8, 4) is 0 Å². The number of amides is 1. The molecule has 96 valence electrons. The van der Waals surface area contributed by atoms with Crippen molar-refractivity contribution in [3.63, 3.8) is 0 Å². The molecule has 0 radical (unpaired) electrons. The minimum Gasteiger partial charge on any atom is -0.388 e. The predicted molar refractivity (Wildman–Crippen MR) is 66.2 cm³/mol. The fourth-order valence-electron chi connectivity index (χ4n) is 1.37. The summed E-state index contributed by atoms with van der Waals surface area (Å²) in [4.78, 5) is 13.7. The zero-order valence-corrected chi connectivity index (χ0v) is 11.4. The number of aliphatic hydroxyl groups is 1. The third-order valence-corrected chi connectivity index (χ3v) is 3.18. The van der Waals surface area contributed by atoms with Gasteiger partial charge in [0.15, 0.2) is 0 Å². The van der Waals surface area contributed by atoms with Gasteiger partial charge in [0, 0.05) is 6.54 Å². The molecule has 0 spiro atoms. The van der Waals surface area contributed by atoms with Crippen LogP contribution >= 0.6 is 0 Å². The third-order valence-electron chi connectivity index (χ3n) is 3.18. The fourth-order valence-corrected chi connectivity index (χ4v) is 1.37. The smallest absolute Gasteiger partial charge is 0.237 e. The highest BCUT2D eigenvalue weighted by molar-refractivity contribution is 5.81. The Morgan fingerprint density at radius 1 is 1.44 bits per heavy atom. The van der Waals surface area contributed by atoms with Gasteiger partial charge >= 0.3 is 0 Å². The Morgan fingerprint density at radius 2 is 1.94 bits per heavy atom. The number of nitrogens with zero attached hydrogens (tertiary/aromatic N) is 1. The van der Waals surface area contributed by atoms with Crippen molar-refractivity contribution in [2.24, 2.45) is 5.92 Å². The van der Waals surface area contributed by atoms with Crippen LogP contribution in [-0.2, 0) is 4.79 Å². The monoisotopic (exact) mass is 230 g/mol. The van der Waals surface area contributed by atoms with E-state index in [9.17, 15) is 9.90 Å². The molecule has 0 aliphatic carbocycles.